The average molecular weight is 295 g/mol. The highest BCUT2D eigenvalue weighted by Crippen LogP contribution is 2.24. The van der Waals surface area contributed by atoms with Gasteiger partial charge in [-0.1, -0.05) is 42.3 Å². The molecule has 0 bridgehead atoms. The average Bonchev–Trinajstić information content (AvgIpc) is 2.54. The summed E-state index contributed by atoms with van der Waals surface area (Å²) in [6, 6.07) is 16.6. The fourth-order valence-electron chi connectivity index (χ4n) is 1.93. The molecule has 106 valence electrons. The summed E-state index contributed by atoms with van der Waals surface area (Å²) in [6.45, 7) is 3.70. The van der Waals surface area contributed by atoms with E-state index in [1.807, 2.05) is 42.5 Å². The van der Waals surface area contributed by atoms with Crippen LogP contribution in [0.5, 0.6) is 0 Å². The lowest BCUT2D eigenvalue weighted by Gasteiger charge is -2.10. The van der Waals surface area contributed by atoms with Gasteiger partial charge in [0.1, 0.15) is 0 Å². The van der Waals surface area contributed by atoms with Crippen molar-refractivity contribution in [1.82, 2.24) is 0 Å². The molecular weight excluding hydrogens is 278 g/mol. The van der Waals surface area contributed by atoms with Crippen molar-refractivity contribution < 1.29 is 4.21 Å². The van der Waals surface area contributed by atoms with Crippen molar-refractivity contribution in [1.29, 1.82) is 0 Å². The number of benzene rings is 2. The monoisotopic (exact) mass is 295 g/mol. The second kappa shape index (κ2) is 6.92. The van der Waals surface area contributed by atoms with E-state index in [0.29, 0.717) is 23.4 Å². The summed E-state index contributed by atoms with van der Waals surface area (Å²) < 4.78 is 17.8. The van der Waals surface area contributed by atoms with Gasteiger partial charge in [0, 0.05) is 10.6 Å². The molecule has 0 saturated carbocycles. The first kappa shape index (κ1) is 15.1. The molecular formula is C18H17NOS. The van der Waals surface area contributed by atoms with Crippen molar-refractivity contribution >= 4 is 15.4 Å². The third-order valence-corrected chi connectivity index (χ3v) is 5.30. The maximum Gasteiger partial charge on any atom is 0.0889 e. The Balaban J connectivity index is 2.61. The Morgan fingerprint density at radius 2 is 1.81 bits per heavy atom. The van der Waals surface area contributed by atoms with Crippen LogP contribution in [0.2, 0.25) is 0 Å². The molecule has 2 aromatic rings. The van der Waals surface area contributed by atoms with Crippen molar-refractivity contribution in [2.75, 3.05) is 5.75 Å². The van der Waals surface area contributed by atoms with Crippen LogP contribution in [0, 0.1) is 12.3 Å². The lowest BCUT2D eigenvalue weighted by Crippen LogP contribution is -2.06. The molecule has 0 aromatic heterocycles. The van der Waals surface area contributed by atoms with E-state index in [0.717, 1.165) is 4.90 Å². The van der Waals surface area contributed by atoms with Gasteiger partial charge in [-0.05, 0) is 30.7 Å². The first-order valence-electron chi connectivity index (χ1n) is 6.66. The largest absolute Gasteiger partial charge is 0.244 e. The minimum atomic E-state index is -2.56. The molecule has 0 fully saturated rings. The fraction of sp³-hybridized carbons (Fsp3) is 0.111. The fourth-order valence-corrected chi connectivity index (χ4v) is 3.90. The van der Waals surface area contributed by atoms with E-state index in [9.17, 15) is 4.21 Å². The van der Waals surface area contributed by atoms with E-state index in [1.165, 1.54) is 0 Å². The number of hydrogen-bond acceptors (Lipinski definition) is 2. The highest BCUT2D eigenvalue weighted by molar-refractivity contribution is 7.93. The number of nitrogens with zero attached hydrogens (tertiary/aromatic N) is 1. The van der Waals surface area contributed by atoms with Gasteiger partial charge >= 0.3 is 0 Å². The maximum atomic E-state index is 13.3. The molecule has 2 nitrogen and oxygen atoms in total. The SMILES string of the molecule is C#Cc1ccccc1N=S(=O)(CCC=C)c1ccccc1. The number of rotatable bonds is 5. The van der Waals surface area contributed by atoms with Gasteiger partial charge < -0.3 is 0 Å². The third kappa shape index (κ3) is 3.62. The molecule has 2 rings (SSSR count). The topological polar surface area (TPSA) is 29.4 Å². The summed E-state index contributed by atoms with van der Waals surface area (Å²) in [7, 11) is -2.56. The van der Waals surface area contributed by atoms with Crippen LogP contribution in [-0.4, -0.2) is 9.96 Å². The van der Waals surface area contributed by atoms with Crippen LogP contribution in [0.1, 0.15) is 12.0 Å². The van der Waals surface area contributed by atoms with Gasteiger partial charge in [0.25, 0.3) is 0 Å². The molecule has 21 heavy (non-hydrogen) atoms. The predicted molar refractivity (Wildman–Crippen MR) is 89.0 cm³/mol. The van der Waals surface area contributed by atoms with Crippen LogP contribution in [0.15, 0.2) is 76.5 Å². The smallest absolute Gasteiger partial charge is 0.0889 e. The van der Waals surface area contributed by atoms with Crippen LogP contribution in [0.4, 0.5) is 5.69 Å². The number of allylic oxidation sites excluding steroid dienone is 1. The number of hydrogen-bond donors (Lipinski definition) is 0. The second-order valence-electron chi connectivity index (χ2n) is 4.49. The molecule has 1 unspecified atom stereocenters. The molecule has 2 aromatic carbocycles. The van der Waals surface area contributed by atoms with E-state index < -0.39 is 9.73 Å². The molecule has 0 saturated heterocycles. The Morgan fingerprint density at radius 1 is 1.14 bits per heavy atom. The van der Waals surface area contributed by atoms with Crippen LogP contribution >= 0.6 is 0 Å². The van der Waals surface area contributed by atoms with E-state index in [1.54, 1.807) is 18.2 Å². The Labute approximate surface area is 126 Å². The summed E-state index contributed by atoms with van der Waals surface area (Å²) in [5.41, 5.74) is 1.25. The Hall–Kier alpha value is -2.31. The molecule has 0 N–H and O–H groups in total. The van der Waals surface area contributed by atoms with Gasteiger partial charge in [-0.2, -0.15) is 4.36 Å². The van der Waals surface area contributed by atoms with E-state index in [4.69, 9.17) is 6.42 Å². The third-order valence-electron chi connectivity index (χ3n) is 3.02. The quantitative estimate of drug-likeness (QED) is 0.593. The minimum Gasteiger partial charge on any atom is -0.244 e. The van der Waals surface area contributed by atoms with E-state index in [2.05, 4.69) is 16.9 Å². The van der Waals surface area contributed by atoms with Crippen molar-refractivity contribution in [2.24, 2.45) is 4.36 Å². The van der Waals surface area contributed by atoms with Gasteiger partial charge in [0.05, 0.1) is 21.0 Å². The first-order valence-corrected chi connectivity index (χ1v) is 8.34. The highest BCUT2D eigenvalue weighted by atomic mass is 32.2. The van der Waals surface area contributed by atoms with Crippen molar-refractivity contribution in [3.8, 4) is 12.3 Å². The van der Waals surface area contributed by atoms with Gasteiger partial charge in [-0.15, -0.1) is 13.0 Å². The molecule has 1 atom stereocenters. The van der Waals surface area contributed by atoms with Crippen LogP contribution in [-0.2, 0) is 9.73 Å². The van der Waals surface area contributed by atoms with Crippen LogP contribution in [0.25, 0.3) is 0 Å². The molecule has 0 amide bonds. The zero-order chi connectivity index (χ0) is 15.1. The Bertz CT molecular complexity index is 778. The van der Waals surface area contributed by atoms with Crippen molar-refractivity contribution in [2.45, 2.75) is 11.3 Å². The second-order valence-corrected chi connectivity index (χ2v) is 6.83. The molecule has 3 heteroatoms. The molecule has 0 aliphatic heterocycles. The molecule has 0 heterocycles. The summed E-state index contributed by atoms with van der Waals surface area (Å²) >= 11 is 0. The summed E-state index contributed by atoms with van der Waals surface area (Å²) in [4.78, 5) is 0.721. The predicted octanol–water partition coefficient (Wildman–Crippen LogP) is 4.40. The van der Waals surface area contributed by atoms with Crippen molar-refractivity contribution in [3.05, 3.63) is 72.8 Å². The zero-order valence-electron chi connectivity index (χ0n) is 11.7. The summed E-state index contributed by atoms with van der Waals surface area (Å²) in [6.07, 6.45) is 7.88. The molecule has 0 spiro atoms. The van der Waals surface area contributed by atoms with Gasteiger partial charge in [-0.25, -0.2) is 4.21 Å². The van der Waals surface area contributed by atoms with Gasteiger partial charge in [0.15, 0.2) is 0 Å². The lowest BCUT2D eigenvalue weighted by molar-refractivity contribution is 0.676. The van der Waals surface area contributed by atoms with E-state index in [-0.39, 0.29) is 0 Å². The maximum absolute atomic E-state index is 13.3. The normalized spacial score (nSPS) is 12.9. The minimum absolute atomic E-state index is 0.430. The number of terminal acetylenes is 1. The van der Waals surface area contributed by atoms with Gasteiger partial charge in [-0.3, -0.25) is 0 Å². The zero-order valence-corrected chi connectivity index (χ0v) is 12.6. The summed E-state index contributed by atoms with van der Waals surface area (Å²) in [5.74, 6) is 3.02. The van der Waals surface area contributed by atoms with E-state index >= 15 is 0 Å². The standard InChI is InChI=1S/C18H17NOS/c1-3-5-15-21(20,17-12-7-6-8-13-17)19-18-14-10-9-11-16(18)4-2/h2-3,6-14H,1,5,15H2. The molecule has 0 aliphatic rings. The van der Waals surface area contributed by atoms with Gasteiger partial charge in [0.2, 0.25) is 0 Å². The first-order chi connectivity index (χ1) is 10.2. The van der Waals surface area contributed by atoms with Crippen molar-refractivity contribution in [3.63, 3.8) is 0 Å². The Morgan fingerprint density at radius 3 is 2.48 bits per heavy atom. The lowest BCUT2D eigenvalue weighted by atomic mass is 10.2. The summed E-state index contributed by atoms with van der Waals surface area (Å²) in [5, 5.41) is 0. The highest BCUT2D eigenvalue weighted by Gasteiger charge is 2.12. The molecule has 0 aliphatic carbocycles. The van der Waals surface area contributed by atoms with Crippen LogP contribution in [0.3, 0.4) is 0 Å². The molecule has 0 radical (unpaired) electrons. The Kier molecular flexibility index (Phi) is 4.97. The van der Waals surface area contributed by atoms with Crippen LogP contribution < -0.4 is 0 Å².